The molecule has 1 aliphatic carbocycles. The van der Waals surface area contributed by atoms with E-state index >= 15 is 0 Å². The predicted octanol–water partition coefficient (Wildman–Crippen LogP) is 3.10. The summed E-state index contributed by atoms with van der Waals surface area (Å²) in [6, 6.07) is 4.95. The van der Waals surface area contributed by atoms with E-state index in [0.29, 0.717) is 37.4 Å². The van der Waals surface area contributed by atoms with Gasteiger partial charge in [-0.15, -0.1) is 6.42 Å². The Morgan fingerprint density at radius 1 is 1.28 bits per heavy atom. The molecule has 0 bridgehead atoms. The maximum Gasteiger partial charge on any atom is 0.255 e. The normalized spacial score (nSPS) is 24.5. The third kappa shape index (κ3) is 5.68. The number of aliphatic imine (C=N–C) groups is 1. The molecule has 1 saturated carbocycles. The van der Waals surface area contributed by atoms with Crippen LogP contribution >= 0.6 is 0 Å². The van der Waals surface area contributed by atoms with Crippen LogP contribution in [0.5, 0.6) is 5.75 Å². The first-order chi connectivity index (χ1) is 17.4. The zero-order chi connectivity index (χ0) is 25.7. The molecule has 36 heavy (non-hydrogen) atoms. The third-order valence-corrected chi connectivity index (χ3v) is 7.43. The van der Waals surface area contributed by atoms with Crippen LogP contribution in [-0.2, 0) is 16.1 Å². The molecule has 1 aromatic carbocycles. The quantitative estimate of drug-likeness (QED) is 0.314. The number of imide groups is 1. The van der Waals surface area contributed by atoms with Crippen LogP contribution in [0.15, 0.2) is 34.5 Å². The Balaban J connectivity index is 1.39. The fraction of sp³-hybridized carbons (Fsp3) is 0.500. The number of nitrogens with two attached hydrogens (primary N) is 1. The maximum absolute atomic E-state index is 12.9. The standard InChI is InChI=1S/C28H34N4O4/c1-3-15-30-23(13-14-29)18(2)7-8-19-5-4-6-25(19)36-21-9-10-22-20(16-21)17-32(28(22)35)24-11-12-26(33)31-27(24)34/h1,9-10,15-16,19,24-25H,4-8,11-14,17,29H2,2H3,(H,31,33,34)/b23-18+,30-15-/t19-,24?,25-/m1/s1. The van der Waals surface area contributed by atoms with Gasteiger partial charge in [-0.2, -0.15) is 0 Å². The molecular weight excluding hydrogens is 456 g/mol. The Hall–Kier alpha value is -3.44. The van der Waals surface area contributed by atoms with Crippen molar-refractivity contribution >= 4 is 23.9 Å². The molecule has 1 saturated heterocycles. The molecule has 190 valence electrons. The van der Waals surface area contributed by atoms with Crippen LogP contribution in [0.3, 0.4) is 0 Å². The number of nitrogens with zero attached hydrogens (tertiary/aromatic N) is 2. The molecule has 3 atom stereocenters. The van der Waals surface area contributed by atoms with E-state index in [0.717, 1.165) is 49.1 Å². The minimum atomic E-state index is -0.614. The Labute approximate surface area is 212 Å². The highest BCUT2D eigenvalue weighted by molar-refractivity contribution is 6.05. The van der Waals surface area contributed by atoms with Gasteiger partial charge in [0.15, 0.2) is 0 Å². The zero-order valence-corrected chi connectivity index (χ0v) is 20.8. The molecule has 8 heteroatoms. The van der Waals surface area contributed by atoms with Gasteiger partial charge in [-0.1, -0.05) is 11.5 Å². The van der Waals surface area contributed by atoms with Crippen LogP contribution in [0.4, 0.5) is 0 Å². The zero-order valence-electron chi connectivity index (χ0n) is 20.8. The van der Waals surface area contributed by atoms with Crippen molar-refractivity contribution < 1.29 is 19.1 Å². The number of nitrogens with one attached hydrogen (secondary N) is 1. The van der Waals surface area contributed by atoms with E-state index in [-0.39, 0.29) is 24.3 Å². The maximum atomic E-state index is 12.9. The van der Waals surface area contributed by atoms with Crippen LogP contribution in [0.25, 0.3) is 0 Å². The molecule has 0 radical (unpaired) electrons. The second kappa shape index (κ2) is 11.5. The Kier molecular flexibility index (Phi) is 8.21. The number of piperidine rings is 1. The average molecular weight is 491 g/mol. The Morgan fingerprint density at radius 3 is 2.86 bits per heavy atom. The number of allylic oxidation sites excluding steroid dienone is 1. The van der Waals surface area contributed by atoms with Crippen molar-refractivity contribution in [2.75, 3.05) is 6.54 Å². The molecule has 2 aliphatic heterocycles. The highest BCUT2D eigenvalue weighted by Gasteiger charge is 2.39. The number of hydrogen-bond acceptors (Lipinski definition) is 6. The summed E-state index contributed by atoms with van der Waals surface area (Å²) >= 11 is 0. The minimum Gasteiger partial charge on any atom is -0.490 e. The van der Waals surface area contributed by atoms with Gasteiger partial charge in [-0.25, -0.2) is 0 Å². The molecule has 3 amide bonds. The highest BCUT2D eigenvalue weighted by Crippen LogP contribution is 2.36. The molecule has 2 fully saturated rings. The number of fused-ring (bicyclic) bond motifs is 1. The van der Waals surface area contributed by atoms with E-state index in [4.69, 9.17) is 16.9 Å². The molecule has 1 unspecified atom stereocenters. The van der Waals surface area contributed by atoms with Crippen molar-refractivity contribution in [3.05, 3.63) is 40.6 Å². The Bertz CT molecular complexity index is 1130. The van der Waals surface area contributed by atoms with E-state index in [2.05, 4.69) is 23.2 Å². The van der Waals surface area contributed by atoms with E-state index in [1.54, 1.807) is 11.0 Å². The number of ether oxygens (including phenoxy) is 1. The van der Waals surface area contributed by atoms with Gasteiger partial charge in [0, 0.05) is 30.6 Å². The number of amides is 3. The second-order valence-electron chi connectivity index (χ2n) is 9.80. The number of terminal acetylenes is 1. The lowest BCUT2D eigenvalue weighted by Crippen LogP contribution is -2.52. The van der Waals surface area contributed by atoms with Gasteiger partial charge in [0.05, 0.1) is 6.21 Å². The van der Waals surface area contributed by atoms with Crippen LogP contribution in [-0.4, -0.2) is 47.5 Å². The van der Waals surface area contributed by atoms with Gasteiger partial charge < -0.3 is 15.4 Å². The van der Waals surface area contributed by atoms with Crippen molar-refractivity contribution in [3.8, 4) is 18.1 Å². The summed E-state index contributed by atoms with van der Waals surface area (Å²) in [6.45, 7) is 2.97. The average Bonchev–Trinajstić information content (AvgIpc) is 3.43. The fourth-order valence-corrected chi connectivity index (χ4v) is 5.47. The van der Waals surface area contributed by atoms with E-state index in [1.165, 1.54) is 11.8 Å². The summed E-state index contributed by atoms with van der Waals surface area (Å²) in [7, 11) is 0. The molecule has 3 N–H and O–H groups in total. The predicted molar refractivity (Wildman–Crippen MR) is 137 cm³/mol. The summed E-state index contributed by atoms with van der Waals surface area (Å²) in [6.07, 6.45) is 13.4. The smallest absolute Gasteiger partial charge is 0.255 e. The third-order valence-electron chi connectivity index (χ3n) is 7.43. The number of benzene rings is 1. The Morgan fingerprint density at radius 2 is 2.11 bits per heavy atom. The summed E-state index contributed by atoms with van der Waals surface area (Å²) < 4.78 is 6.42. The summed E-state index contributed by atoms with van der Waals surface area (Å²) in [5.74, 6) is 2.77. The lowest BCUT2D eigenvalue weighted by Gasteiger charge is -2.29. The number of carbonyl (C=O) groups excluding carboxylic acids is 3. The largest absolute Gasteiger partial charge is 0.490 e. The first-order valence-corrected chi connectivity index (χ1v) is 12.7. The summed E-state index contributed by atoms with van der Waals surface area (Å²) in [5.41, 5.74) is 9.36. The number of hydrogen-bond donors (Lipinski definition) is 2. The lowest BCUT2D eigenvalue weighted by atomic mass is 9.95. The first kappa shape index (κ1) is 25.6. The van der Waals surface area contributed by atoms with Crippen molar-refractivity contribution in [2.24, 2.45) is 16.6 Å². The highest BCUT2D eigenvalue weighted by atomic mass is 16.5. The van der Waals surface area contributed by atoms with Gasteiger partial charge >= 0.3 is 0 Å². The fourth-order valence-electron chi connectivity index (χ4n) is 5.47. The van der Waals surface area contributed by atoms with Crippen LogP contribution in [0, 0.1) is 18.3 Å². The molecule has 1 aromatic rings. The van der Waals surface area contributed by atoms with E-state index < -0.39 is 11.9 Å². The monoisotopic (exact) mass is 490 g/mol. The van der Waals surface area contributed by atoms with Crippen molar-refractivity contribution in [1.82, 2.24) is 10.2 Å². The molecule has 0 spiro atoms. The lowest BCUT2D eigenvalue weighted by molar-refractivity contribution is -0.136. The SMILES string of the molecule is C#C/C=N\C(CCN)=C(/C)CC[C@H]1CCC[C@H]1Oc1ccc2c(c1)CN(C1CCC(=O)NC1=O)C2=O. The molecule has 0 aromatic heterocycles. The van der Waals surface area contributed by atoms with Crippen LogP contribution in [0.1, 0.15) is 74.2 Å². The molecule has 2 heterocycles. The molecule has 8 nitrogen and oxygen atoms in total. The van der Waals surface area contributed by atoms with E-state index in [1.807, 2.05) is 12.1 Å². The second-order valence-corrected chi connectivity index (χ2v) is 9.80. The van der Waals surface area contributed by atoms with Crippen LogP contribution in [0.2, 0.25) is 0 Å². The van der Waals surface area contributed by atoms with Crippen molar-refractivity contribution in [2.45, 2.75) is 77.0 Å². The topological polar surface area (TPSA) is 114 Å². The van der Waals surface area contributed by atoms with Gasteiger partial charge in [0.1, 0.15) is 17.9 Å². The van der Waals surface area contributed by atoms with Crippen molar-refractivity contribution in [3.63, 3.8) is 0 Å². The number of rotatable bonds is 9. The summed E-state index contributed by atoms with van der Waals surface area (Å²) in [4.78, 5) is 42.7. The van der Waals surface area contributed by atoms with Gasteiger partial charge in [0.25, 0.3) is 5.91 Å². The van der Waals surface area contributed by atoms with Gasteiger partial charge in [-0.05, 0) is 81.7 Å². The van der Waals surface area contributed by atoms with Crippen LogP contribution < -0.4 is 15.8 Å². The molecule has 4 rings (SSSR count). The van der Waals surface area contributed by atoms with Crippen molar-refractivity contribution in [1.29, 1.82) is 0 Å². The first-order valence-electron chi connectivity index (χ1n) is 12.7. The van der Waals surface area contributed by atoms with Gasteiger partial charge in [-0.3, -0.25) is 24.7 Å². The van der Waals surface area contributed by atoms with Gasteiger partial charge in [0.2, 0.25) is 11.8 Å². The summed E-state index contributed by atoms with van der Waals surface area (Å²) in [5, 5.41) is 2.34. The van der Waals surface area contributed by atoms with E-state index in [9.17, 15) is 14.4 Å². The molecular formula is C28H34N4O4. The number of carbonyl (C=O) groups is 3. The molecule has 3 aliphatic rings. The minimum absolute atomic E-state index is 0.117.